The molecule has 0 saturated heterocycles. The van der Waals surface area contributed by atoms with Gasteiger partial charge in [0.25, 0.3) is 0 Å². The highest BCUT2D eigenvalue weighted by Crippen LogP contribution is 2.27. The maximum Gasteiger partial charge on any atom is 0.222 e. The van der Waals surface area contributed by atoms with Crippen LogP contribution in [0.15, 0.2) is 65.2 Å². The molecule has 2 aromatic carbocycles. The molecule has 0 N–H and O–H groups in total. The molecular weight excluding hydrogens is 258 g/mol. The van der Waals surface area contributed by atoms with Gasteiger partial charge >= 0.3 is 0 Å². The first kappa shape index (κ1) is 13.6. The minimum Gasteiger partial charge on any atom is -0.438 e. The third-order valence-corrected chi connectivity index (χ3v) is 3.69. The number of aryl methyl sites for hydroxylation is 1. The van der Waals surface area contributed by atoms with Gasteiger partial charge in [0.05, 0.1) is 6.54 Å². The largest absolute Gasteiger partial charge is 0.438 e. The molecule has 2 aromatic rings. The summed E-state index contributed by atoms with van der Waals surface area (Å²) in [6.45, 7) is 4.94. The van der Waals surface area contributed by atoms with E-state index in [1.807, 2.05) is 18.2 Å². The fourth-order valence-corrected chi connectivity index (χ4v) is 2.41. The second kappa shape index (κ2) is 5.96. The number of rotatable bonds is 3. The predicted octanol–water partition coefficient (Wildman–Crippen LogP) is 4.59. The fraction of sp³-hybridized carbons (Fsp3) is 0.211. The van der Waals surface area contributed by atoms with E-state index in [-0.39, 0.29) is 0 Å². The zero-order valence-electron chi connectivity index (χ0n) is 12.5. The Balaban J connectivity index is 1.93. The summed E-state index contributed by atoms with van der Waals surface area (Å²) in [6, 6.07) is 18.6. The third kappa shape index (κ3) is 2.89. The molecule has 0 radical (unpaired) electrons. The Morgan fingerprint density at radius 1 is 0.952 bits per heavy atom. The highest BCUT2D eigenvalue weighted by molar-refractivity contribution is 5.98. The van der Waals surface area contributed by atoms with E-state index in [0.717, 1.165) is 23.3 Å². The first-order valence-electron chi connectivity index (χ1n) is 7.34. The first-order chi connectivity index (χ1) is 10.3. The van der Waals surface area contributed by atoms with Crippen LogP contribution in [0.3, 0.4) is 0 Å². The maximum absolute atomic E-state index is 6.13. The van der Waals surface area contributed by atoms with E-state index in [0.29, 0.717) is 12.4 Å². The number of aliphatic imine (C=N–C) groups is 1. The van der Waals surface area contributed by atoms with E-state index in [2.05, 4.69) is 55.2 Å². The summed E-state index contributed by atoms with van der Waals surface area (Å²) in [4.78, 5) is 4.59. The fourth-order valence-electron chi connectivity index (χ4n) is 2.41. The van der Waals surface area contributed by atoms with Gasteiger partial charge in [0.2, 0.25) is 5.90 Å². The van der Waals surface area contributed by atoms with Crippen molar-refractivity contribution in [1.82, 2.24) is 0 Å². The summed E-state index contributed by atoms with van der Waals surface area (Å²) in [5.74, 6) is 1.68. The van der Waals surface area contributed by atoms with Gasteiger partial charge in [0.15, 0.2) is 0 Å². The van der Waals surface area contributed by atoms with Crippen molar-refractivity contribution in [3.05, 3.63) is 76.9 Å². The first-order valence-corrected chi connectivity index (χ1v) is 7.34. The normalized spacial score (nSPS) is 14.7. The van der Waals surface area contributed by atoms with E-state index in [1.54, 1.807) is 0 Å². The van der Waals surface area contributed by atoms with Gasteiger partial charge in [-0.05, 0) is 31.1 Å². The third-order valence-electron chi connectivity index (χ3n) is 3.69. The molecule has 2 heteroatoms. The summed E-state index contributed by atoms with van der Waals surface area (Å²) in [7, 11) is 0. The van der Waals surface area contributed by atoms with Crippen molar-refractivity contribution in [1.29, 1.82) is 0 Å². The Kier molecular flexibility index (Phi) is 3.87. The van der Waals surface area contributed by atoms with Crippen molar-refractivity contribution in [3.8, 4) is 0 Å². The van der Waals surface area contributed by atoms with Crippen LogP contribution in [0.2, 0.25) is 0 Å². The lowest BCUT2D eigenvalue weighted by molar-refractivity contribution is 0.487. The van der Waals surface area contributed by atoms with Crippen LogP contribution in [0.4, 0.5) is 0 Å². The number of nitrogens with zero attached hydrogens (tertiary/aromatic N) is 1. The van der Waals surface area contributed by atoms with E-state index in [4.69, 9.17) is 4.74 Å². The minimum atomic E-state index is 0.712. The molecule has 1 aliphatic heterocycles. The summed E-state index contributed by atoms with van der Waals surface area (Å²) < 4.78 is 6.13. The predicted molar refractivity (Wildman–Crippen MR) is 87.3 cm³/mol. The van der Waals surface area contributed by atoms with Crippen molar-refractivity contribution in [2.45, 2.75) is 20.3 Å². The quantitative estimate of drug-likeness (QED) is 0.804. The van der Waals surface area contributed by atoms with Gasteiger partial charge in [-0.15, -0.1) is 0 Å². The summed E-state index contributed by atoms with van der Waals surface area (Å²) >= 11 is 0. The molecule has 0 saturated carbocycles. The molecule has 1 heterocycles. The van der Waals surface area contributed by atoms with E-state index < -0.39 is 0 Å². The minimum absolute atomic E-state index is 0.712. The molecule has 21 heavy (non-hydrogen) atoms. The van der Waals surface area contributed by atoms with Crippen LogP contribution in [-0.2, 0) is 4.74 Å². The molecule has 3 rings (SSSR count). The number of hydrogen-bond acceptors (Lipinski definition) is 2. The highest BCUT2D eigenvalue weighted by atomic mass is 16.5. The topological polar surface area (TPSA) is 21.6 Å². The van der Waals surface area contributed by atoms with Crippen LogP contribution in [-0.4, -0.2) is 12.4 Å². The van der Waals surface area contributed by atoms with Crippen molar-refractivity contribution < 1.29 is 4.74 Å². The zero-order valence-corrected chi connectivity index (χ0v) is 12.5. The van der Waals surface area contributed by atoms with Crippen LogP contribution in [0.5, 0.6) is 0 Å². The van der Waals surface area contributed by atoms with Gasteiger partial charge in [-0.3, -0.25) is 0 Å². The van der Waals surface area contributed by atoms with Crippen LogP contribution in [0.1, 0.15) is 30.0 Å². The average molecular weight is 277 g/mol. The Bertz CT molecular complexity index is 681. The van der Waals surface area contributed by atoms with Crippen LogP contribution in [0, 0.1) is 6.92 Å². The van der Waals surface area contributed by atoms with Crippen LogP contribution < -0.4 is 0 Å². The van der Waals surface area contributed by atoms with E-state index in [9.17, 15) is 0 Å². The smallest absolute Gasteiger partial charge is 0.222 e. The molecule has 0 spiro atoms. The summed E-state index contributed by atoms with van der Waals surface area (Å²) in [6.07, 6.45) is 0.953. The monoisotopic (exact) mass is 277 g/mol. The molecule has 0 amide bonds. The average Bonchev–Trinajstić information content (AvgIpc) is 2.56. The van der Waals surface area contributed by atoms with Gasteiger partial charge in [0, 0.05) is 11.1 Å². The van der Waals surface area contributed by atoms with Gasteiger partial charge in [-0.2, -0.15) is 0 Å². The molecule has 0 fully saturated rings. The van der Waals surface area contributed by atoms with Crippen molar-refractivity contribution >= 4 is 11.7 Å². The maximum atomic E-state index is 6.13. The highest BCUT2D eigenvalue weighted by Gasteiger charge is 2.18. The lowest BCUT2D eigenvalue weighted by atomic mass is 10.0. The molecule has 106 valence electrons. The lowest BCUT2D eigenvalue weighted by Crippen LogP contribution is -2.15. The summed E-state index contributed by atoms with van der Waals surface area (Å²) in [5, 5.41) is 0. The molecule has 0 bridgehead atoms. The van der Waals surface area contributed by atoms with Crippen molar-refractivity contribution in [2.24, 2.45) is 4.99 Å². The molecule has 2 nitrogen and oxygen atoms in total. The Morgan fingerprint density at radius 3 is 2.33 bits per heavy atom. The Hall–Kier alpha value is -2.35. The molecular formula is C19H19NO. The lowest BCUT2D eigenvalue weighted by Gasteiger charge is -2.21. The standard InChI is InChI=1S/C19H19NO/c1-3-15-13-20-19(17-11-9-14(2)10-12-17)21-18(15)16-7-5-4-6-8-16/h4-12H,3,13H2,1-2H3. The number of benzene rings is 2. The van der Waals surface area contributed by atoms with E-state index >= 15 is 0 Å². The SMILES string of the molecule is CCC1=C(c2ccccc2)OC(c2ccc(C)cc2)=NC1. The van der Waals surface area contributed by atoms with Gasteiger partial charge in [-0.1, -0.05) is 55.0 Å². The second-order valence-electron chi connectivity index (χ2n) is 5.24. The molecule has 0 unspecified atom stereocenters. The molecule has 0 aromatic heterocycles. The van der Waals surface area contributed by atoms with E-state index in [1.165, 1.54) is 11.1 Å². The molecule has 0 aliphatic carbocycles. The molecule has 1 aliphatic rings. The summed E-state index contributed by atoms with van der Waals surface area (Å²) in [5.41, 5.74) is 4.64. The van der Waals surface area contributed by atoms with Gasteiger partial charge in [0.1, 0.15) is 5.76 Å². The van der Waals surface area contributed by atoms with Gasteiger partial charge < -0.3 is 4.74 Å². The van der Waals surface area contributed by atoms with Gasteiger partial charge in [-0.25, -0.2) is 4.99 Å². The Labute approximate surface area is 125 Å². The zero-order chi connectivity index (χ0) is 14.7. The van der Waals surface area contributed by atoms with Crippen molar-refractivity contribution in [2.75, 3.05) is 6.54 Å². The number of ether oxygens (including phenoxy) is 1. The second-order valence-corrected chi connectivity index (χ2v) is 5.24. The van der Waals surface area contributed by atoms with Crippen LogP contribution in [0.25, 0.3) is 5.76 Å². The Morgan fingerprint density at radius 2 is 1.67 bits per heavy atom. The molecule has 0 atom stereocenters. The van der Waals surface area contributed by atoms with Crippen molar-refractivity contribution in [3.63, 3.8) is 0 Å². The van der Waals surface area contributed by atoms with Crippen LogP contribution >= 0.6 is 0 Å². The number of hydrogen-bond donors (Lipinski definition) is 0.